The molecule has 25 heavy (non-hydrogen) atoms. The lowest BCUT2D eigenvalue weighted by Crippen LogP contribution is -2.44. The van der Waals surface area contributed by atoms with Gasteiger partial charge >= 0.3 is 0 Å². The molecule has 0 saturated carbocycles. The topological polar surface area (TPSA) is 58.6 Å². The van der Waals surface area contributed by atoms with Gasteiger partial charge in [0.05, 0.1) is 16.9 Å². The lowest BCUT2D eigenvalue weighted by Gasteiger charge is -2.33. The molecule has 2 aromatic rings. The Kier molecular flexibility index (Phi) is 5.42. The maximum Gasteiger partial charge on any atom is 0.206 e. The summed E-state index contributed by atoms with van der Waals surface area (Å²) >= 11 is 0. The van der Waals surface area contributed by atoms with Gasteiger partial charge in [-0.05, 0) is 42.8 Å². The molecule has 2 aromatic carbocycles. The molecule has 0 bridgehead atoms. The number of hydrogen-bond acceptors (Lipinski definition) is 5. The van der Waals surface area contributed by atoms with Crippen molar-refractivity contribution in [1.29, 1.82) is 0 Å². The Hall–Kier alpha value is -1.89. The van der Waals surface area contributed by atoms with E-state index >= 15 is 0 Å². The number of piperazine rings is 1. The fourth-order valence-corrected chi connectivity index (χ4v) is 4.41. The summed E-state index contributed by atoms with van der Waals surface area (Å²) in [6.45, 7) is 6.16. The minimum atomic E-state index is -3.54. The molecule has 0 radical (unpaired) electrons. The van der Waals surface area contributed by atoms with Gasteiger partial charge in [0.1, 0.15) is 5.75 Å². The van der Waals surface area contributed by atoms with Crippen LogP contribution in [0, 0.1) is 0 Å². The molecule has 1 saturated heterocycles. The Morgan fingerprint density at radius 1 is 1.04 bits per heavy atom. The molecular formula is C19H24N2O3S. The van der Waals surface area contributed by atoms with Crippen LogP contribution in [0.4, 0.5) is 0 Å². The van der Waals surface area contributed by atoms with Crippen LogP contribution in [-0.2, 0) is 9.84 Å². The quantitative estimate of drug-likeness (QED) is 0.888. The fourth-order valence-electron chi connectivity index (χ4n) is 3.11. The van der Waals surface area contributed by atoms with E-state index in [-0.39, 0.29) is 10.9 Å². The summed E-state index contributed by atoms with van der Waals surface area (Å²) in [7, 11) is -2.02. The SMILES string of the molecule is COc1cccc(S(=O)(=O)c2ccc(C(C)N3CCNCC3)cc2)c1. The maximum absolute atomic E-state index is 12.8. The Bertz CT molecular complexity index is 813. The Labute approximate surface area is 149 Å². The Morgan fingerprint density at radius 3 is 2.36 bits per heavy atom. The van der Waals surface area contributed by atoms with E-state index in [2.05, 4.69) is 17.1 Å². The minimum Gasteiger partial charge on any atom is -0.497 e. The second-order valence-electron chi connectivity index (χ2n) is 6.21. The van der Waals surface area contributed by atoms with Crippen LogP contribution in [0.15, 0.2) is 58.3 Å². The van der Waals surface area contributed by atoms with Crippen molar-refractivity contribution in [1.82, 2.24) is 10.2 Å². The molecule has 0 spiro atoms. The first-order chi connectivity index (χ1) is 12.0. The summed E-state index contributed by atoms with van der Waals surface area (Å²) in [5.74, 6) is 0.532. The zero-order chi connectivity index (χ0) is 17.9. The summed E-state index contributed by atoms with van der Waals surface area (Å²) in [5, 5.41) is 3.35. The number of methoxy groups -OCH3 is 1. The number of hydrogen-bond donors (Lipinski definition) is 1. The highest BCUT2D eigenvalue weighted by Gasteiger charge is 2.21. The molecular weight excluding hydrogens is 336 g/mol. The standard InChI is InChI=1S/C19H24N2O3S/c1-15(21-12-10-20-11-13-21)16-6-8-18(9-7-16)25(22,23)19-5-3-4-17(14-19)24-2/h3-9,14-15,20H,10-13H2,1-2H3. The predicted molar refractivity (Wildman–Crippen MR) is 97.7 cm³/mol. The highest BCUT2D eigenvalue weighted by molar-refractivity contribution is 7.91. The minimum absolute atomic E-state index is 0.245. The first-order valence-electron chi connectivity index (χ1n) is 8.46. The number of sulfone groups is 1. The van der Waals surface area contributed by atoms with Crippen LogP contribution in [-0.4, -0.2) is 46.6 Å². The molecule has 0 amide bonds. The van der Waals surface area contributed by atoms with E-state index in [1.54, 1.807) is 36.4 Å². The first kappa shape index (κ1) is 17.9. The van der Waals surface area contributed by atoms with Crippen molar-refractivity contribution in [2.45, 2.75) is 22.8 Å². The van der Waals surface area contributed by atoms with Crippen LogP contribution >= 0.6 is 0 Å². The van der Waals surface area contributed by atoms with Crippen LogP contribution in [0.5, 0.6) is 5.75 Å². The molecule has 1 heterocycles. The Morgan fingerprint density at radius 2 is 1.72 bits per heavy atom. The molecule has 134 valence electrons. The monoisotopic (exact) mass is 360 g/mol. The van der Waals surface area contributed by atoms with E-state index in [0.717, 1.165) is 31.7 Å². The van der Waals surface area contributed by atoms with E-state index in [4.69, 9.17) is 4.74 Å². The van der Waals surface area contributed by atoms with Crippen molar-refractivity contribution in [3.8, 4) is 5.75 Å². The number of nitrogens with one attached hydrogen (secondary N) is 1. The normalized spacial score (nSPS) is 17.2. The fraction of sp³-hybridized carbons (Fsp3) is 0.368. The molecule has 0 aromatic heterocycles. The molecule has 5 nitrogen and oxygen atoms in total. The van der Waals surface area contributed by atoms with Gasteiger partial charge in [0.15, 0.2) is 0 Å². The lowest BCUT2D eigenvalue weighted by molar-refractivity contribution is 0.185. The summed E-state index contributed by atoms with van der Waals surface area (Å²) in [6.07, 6.45) is 0. The van der Waals surface area contributed by atoms with Gasteiger partial charge in [-0.25, -0.2) is 8.42 Å². The number of nitrogens with zero attached hydrogens (tertiary/aromatic N) is 1. The highest BCUT2D eigenvalue weighted by Crippen LogP contribution is 2.27. The van der Waals surface area contributed by atoms with Crippen molar-refractivity contribution in [2.24, 2.45) is 0 Å². The van der Waals surface area contributed by atoms with Crippen LogP contribution in [0.1, 0.15) is 18.5 Å². The molecule has 1 atom stereocenters. The van der Waals surface area contributed by atoms with E-state index < -0.39 is 9.84 Å². The van der Waals surface area contributed by atoms with Crippen LogP contribution < -0.4 is 10.1 Å². The largest absolute Gasteiger partial charge is 0.497 e. The van der Waals surface area contributed by atoms with Gasteiger partial charge in [-0.1, -0.05) is 18.2 Å². The van der Waals surface area contributed by atoms with Gasteiger partial charge in [-0.15, -0.1) is 0 Å². The second kappa shape index (κ2) is 7.56. The summed E-state index contributed by atoms with van der Waals surface area (Å²) < 4.78 is 30.7. The Balaban J connectivity index is 1.83. The van der Waals surface area contributed by atoms with Crippen LogP contribution in [0.3, 0.4) is 0 Å². The third kappa shape index (κ3) is 3.86. The third-order valence-electron chi connectivity index (χ3n) is 4.72. The average Bonchev–Trinajstić information content (AvgIpc) is 2.68. The molecule has 1 unspecified atom stereocenters. The molecule has 1 aliphatic heterocycles. The smallest absolute Gasteiger partial charge is 0.206 e. The van der Waals surface area contributed by atoms with Crippen molar-refractivity contribution in [3.05, 3.63) is 54.1 Å². The summed E-state index contributed by atoms with van der Waals surface area (Å²) in [5.41, 5.74) is 1.13. The molecule has 1 N–H and O–H groups in total. The van der Waals surface area contributed by atoms with Crippen LogP contribution in [0.25, 0.3) is 0 Å². The number of rotatable bonds is 5. The number of ether oxygens (including phenoxy) is 1. The number of benzene rings is 2. The zero-order valence-electron chi connectivity index (χ0n) is 14.6. The molecule has 1 aliphatic rings. The average molecular weight is 360 g/mol. The van der Waals surface area contributed by atoms with Crippen LogP contribution in [0.2, 0.25) is 0 Å². The zero-order valence-corrected chi connectivity index (χ0v) is 15.4. The maximum atomic E-state index is 12.8. The van der Waals surface area contributed by atoms with Gasteiger partial charge < -0.3 is 10.1 Å². The van der Waals surface area contributed by atoms with Gasteiger partial charge in [0, 0.05) is 32.2 Å². The van der Waals surface area contributed by atoms with E-state index in [1.165, 1.54) is 7.11 Å². The predicted octanol–water partition coefficient (Wildman–Crippen LogP) is 2.49. The van der Waals surface area contributed by atoms with Gasteiger partial charge in [0.2, 0.25) is 9.84 Å². The molecule has 0 aliphatic carbocycles. The van der Waals surface area contributed by atoms with Gasteiger partial charge in [0.25, 0.3) is 0 Å². The van der Waals surface area contributed by atoms with E-state index in [9.17, 15) is 8.42 Å². The first-order valence-corrected chi connectivity index (χ1v) is 9.94. The van der Waals surface area contributed by atoms with Gasteiger partial charge in [-0.3, -0.25) is 4.90 Å². The van der Waals surface area contributed by atoms with Crippen molar-refractivity contribution in [2.75, 3.05) is 33.3 Å². The molecule has 6 heteroatoms. The third-order valence-corrected chi connectivity index (χ3v) is 6.49. The van der Waals surface area contributed by atoms with Crippen molar-refractivity contribution < 1.29 is 13.2 Å². The van der Waals surface area contributed by atoms with Gasteiger partial charge in [-0.2, -0.15) is 0 Å². The van der Waals surface area contributed by atoms with E-state index in [0.29, 0.717) is 10.6 Å². The van der Waals surface area contributed by atoms with E-state index in [1.807, 2.05) is 12.1 Å². The second-order valence-corrected chi connectivity index (χ2v) is 8.16. The molecule has 1 fully saturated rings. The summed E-state index contributed by atoms with van der Waals surface area (Å²) in [4.78, 5) is 2.95. The van der Waals surface area contributed by atoms with Crippen molar-refractivity contribution >= 4 is 9.84 Å². The lowest BCUT2D eigenvalue weighted by atomic mass is 10.1. The highest BCUT2D eigenvalue weighted by atomic mass is 32.2. The summed E-state index contributed by atoms with van der Waals surface area (Å²) in [6, 6.07) is 14.1. The molecule has 3 rings (SSSR count). The van der Waals surface area contributed by atoms with Crippen molar-refractivity contribution in [3.63, 3.8) is 0 Å².